The Balaban J connectivity index is 0.000000383. The first-order valence-corrected chi connectivity index (χ1v) is 11.9. The van der Waals surface area contributed by atoms with Crippen molar-refractivity contribution in [3.05, 3.63) is 40.3 Å². The van der Waals surface area contributed by atoms with Crippen LogP contribution in [0.25, 0.3) is 0 Å². The van der Waals surface area contributed by atoms with Gasteiger partial charge < -0.3 is 14.9 Å². The van der Waals surface area contributed by atoms with Crippen molar-refractivity contribution >= 4 is 23.2 Å². The fourth-order valence-corrected chi connectivity index (χ4v) is 4.82. The van der Waals surface area contributed by atoms with Crippen molar-refractivity contribution in [2.24, 2.45) is 5.92 Å². The summed E-state index contributed by atoms with van der Waals surface area (Å²) in [5.41, 5.74) is 1.16. The second-order valence-corrected chi connectivity index (χ2v) is 9.43. The number of hydrogen-bond acceptors (Lipinski definition) is 5. The summed E-state index contributed by atoms with van der Waals surface area (Å²) in [4.78, 5) is 27.6. The van der Waals surface area contributed by atoms with Crippen LogP contribution in [0.3, 0.4) is 0 Å². The molecule has 1 N–H and O–H groups in total. The maximum atomic E-state index is 12.9. The van der Waals surface area contributed by atoms with Gasteiger partial charge in [-0.15, -0.1) is 11.3 Å². The van der Waals surface area contributed by atoms with E-state index >= 15 is 0 Å². The van der Waals surface area contributed by atoms with Gasteiger partial charge in [0.15, 0.2) is 0 Å². The number of carbonyl (C=O) groups is 2. The number of aliphatic carboxylic acids is 1. The lowest BCUT2D eigenvalue weighted by Crippen LogP contribution is -2.37. The van der Waals surface area contributed by atoms with Crippen molar-refractivity contribution in [3.63, 3.8) is 0 Å². The minimum atomic E-state index is -5.08. The van der Waals surface area contributed by atoms with E-state index in [9.17, 15) is 18.0 Å². The molecule has 33 heavy (non-hydrogen) atoms. The summed E-state index contributed by atoms with van der Waals surface area (Å²) in [7, 11) is 0. The molecule has 2 aromatic heterocycles. The summed E-state index contributed by atoms with van der Waals surface area (Å²) in [5.74, 6) is -2.04. The van der Waals surface area contributed by atoms with Crippen LogP contribution in [-0.4, -0.2) is 68.9 Å². The van der Waals surface area contributed by atoms with Crippen LogP contribution in [0.1, 0.15) is 36.3 Å². The van der Waals surface area contributed by atoms with E-state index in [-0.39, 0.29) is 5.91 Å². The zero-order chi connectivity index (χ0) is 23.8. The van der Waals surface area contributed by atoms with Crippen molar-refractivity contribution in [2.75, 3.05) is 26.2 Å². The molecule has 0 saturated carbocycles. The van der Waals surface area contributed by atoms with E-state index in [1.165, 1.54) is 32.4 Å². The quantitative estimate of drug-likeness (QED) is 0.698. The van der Waals surface area contributed by atoms with E-state index in [4.69, 9.17) is 9.90 Å². The first-order chi connectivity index (χ1) is 15.7. The summed E-state index contributed by atoms with van der Waals surface area (Å²) < 4.78 is 33.8. The number of piperidine rings is 1. The Morgan fingerprint density at radius 1 is 1.15 bits per heavy atom. The Morgan fingerprint density at radius 2 is 1.88 bits per heavy atom. The van der Waals surface area contributed by atoms with Gasteiger partial charge in [-0.25, -0.2) is 4.79 Å². The SMILES string of the molecule is O=C(Cc1cccs1)N1Cc2ccnn2CC(CCN2CCCCC2)C1.O=C(O)C(F)(F)F. The number of amides is 1. The molecular formula is C22H29F3N4O3S. The second-order valence-electron chi connectivity index (χ2n) is 8.39. The van der Waals surface area contributed by atoms with E-state index < -0.39 is 12.1 Å². The predicted octanol–water partition coefficient (Wildman–Crippen LogP) is 3.66. The third kappa shape index (κ3) is 7.85. The molecule has 11 heteroatoms. The number of fused-ring (bicyclic) bond motifs is 1. The molecule has 4 heterocycles. The summed E-state index contributed by atoms with van der Waals surface area (Å²) in [6.45, 7) is 6.08. The van der Waals surface area contributed by atoms with E-state index in [0.717, 1.165) is 36.6 Å². The number of hydrogen-bond donors (Lipinski definition) is 1. The smallest absolute Gasteiger partial charge is 0.475 e. The molecule has 1 fully saturated rings. The molecule has 7 nitrogen and oxygen atoms in total. The molecule has 0 bridgehead atoms. The van der Waals surface area contributed by atoms with Crippen molar-refractivity contribution in [1.29, 1.82) is 0 Å². The van der Waals surface area contributed by atoms with E-state index in [0.29, 0.717) is 18.9 Å². The van der Waals surface area contributed by atoms with Crippen molar-refractivity contribution in [2.45, 2.75) is 51.4 Å². The molecule has 0 spiro atoms. The third-order valence-electron chi connectivity index (χ3n) is 5.87. The standard InChI is InChI=1S/C20H28N4OS.C2HF3O2/c25-20(13-19-5-4-12-26-19)23-14-17(7-11-22-9-2-1-3-10-22)15-24-18(16-23)6-8-21-24;3-2(4,5)1(6)7/h4-6,8,12,17H,1-3,7,9-11,13-16H2;(H,6,7). The van der Waals surface area contributed by atoms with Crippen molar-refractivity contribution in [1.82, 2.24) is 19.6 Å². The normalized spacial score (nSPS) is 19.2. The molecule has 2 aliphatic heterocycles. The van der Waals surface area contributed by atoms with Gasteiger partial charge in [-0.2, -0.15) is 18.3 Å². The lowest BCUT2D eigenvalue weighted by Gasteiger charge is -2.29. The maximum absolute atomic E-state index is 12.9. The number of carbonyl (C=O) groups excluding carboxylic acids is 1. The molecule has 182 valence electrons. The summed E-state index contributed by atoms with van der Waals surface area (Å²) in [5, 5.41) is 13.7. The molecule has 1 saturated heterocycles. The highest BCUT2D eigenvalue weighted by Crippen LogP contribution is 2.21. The van der Waals surface area contributed by atoms with Crippen LogP contribution in [-0.2, 0) is 29.1 Å². The first-order valence-electron chi connectivity index (χ1n) is 11.1. The number of carboxylic acids is 1. The van der Waals surface area contributed by atoms with Crippen molar-refractivity contribution < 1.29 is 27.9 Å². The molecule has 0 aliphatic carbocycles. The van der Waals surface area contributed by atoms with E-state index in [2.05, 4.69) is 31.7 Å². The highest BCUT2D eigenvalue weighted by molar-refractivity contribution is 7.10. The Hall–Kier alpha value is -2.40. The number of aromatic nitrogens is 2. The van der Waals surface area contributed by atoms with Gasteiger partial charge >= 0.3 is 12.1 Å². The van der Waals surface area contributed by atoms with Crippen LogP contribution in [0.5, 0.6) is 0 Å². The largest absolute Gasteiger partial charge is 0.490 e. The van der Waals surface area contributed by atoms with Crippen LogP contribution < -0.4 is 0 Å². The van der Waals surface area contributed by atoms with Crippen LogP contribution in [0.2, 0.25) is 0 Å². The van der Waals surface area contributed by atoms with Gasteiger partial charge in [0.2, 0.25) is 5.91 Å². The van der Waals surface area contributed by atoms with Gasteiger partial charge in [0, 0.05) is 24.2 Å². The van der Waals surface area contributed by atoms with E-state index in [1.54, 1.807) is 11.3 Å². The molecule has 2 aliphatic rings. The second kappa shape index (κ2) is 11.6. The first kappa shape index (κ1) is 25.2. The molecule has 1 unspecified atom stereocenters. The average molecular weight is 487 g/mol. The number of carboxylic acid groups (broad SMARTS) is 1. The topological polar surface area (TPSA) is 78.7 Å². The number of halogens is 3. The molecule has 1 amide bonds. The molecule has 2 aromatic rings. The maximum Gasteiger partial charge on any atom is 0.490 e. The third-order valence-corrected chi connectivity index (χ3v) is 6.75. The molecule has 1 atom stereocenters. The Kier molecular flexibility index (Phi) is 8.90. The van der Waals surface area contributed by atoms with Crippen LogP contribution in [0.15, 0.2) is 29.8 Å². The number of nitrogens with zero attached hydrogens (tertiary/aromatic N) is 4. The van der Waals surface area contributed by atoms with Gasteiger partial charge in [0.25, 0.3) is 0 Å². The molecule has 0 radical (unpaired) electrons. The van der Waals surface area contributed by atoms with Crippen LogP contribution in [0.4, 0.5) is 13.2 Å². The molecular weight excluding hydrogens is 457 g/mol. The number of likely N-dealkylation sites (tertiary alicyclic amines) is 1. The van der Waals surface area contributed by atoms with Crippen LogP contribution >= 0.6 is 11.3 Å². The summed E-state index contributed by atoms with van der Waals surface area (Å²) in [6, 6.07) is 6.13. The van der Waals surface area contributed by atoms with Gasteiger partial charge in [0.05, 0.1) is 18.7 Å². The number of rotatable bonds is 5. The summed E-state index contributed by atoms with van der Waals surface area (Å²) in [6.07, 6.45) is 2.48. The van der Waals surface area contributed by atoms with Crippen LogP contribution in [0, 0.1) is 5.92 Å². The predicted molar refractivity (Wildman–Crippen MR) is 118 cm³/mol. The van der Waals surface area contributed by atoms with Gasteiger partial charge in [-0.05, 0) is 62.3 Å². The Labute approximate surface area is 194 Å². The number of alkyl halides is 3. The van der Waals surface area contributed by atoms with Gasteiger partial charge in [-0.3, -0.25) is 9.48 Å². The molecule has 4 rings (SSSR count). The fraction of sp³-hybridized carbons (Fsp3) is 0.591. The number of thiophene rings is 1. The fourth-order valence-electron chi connectivity index (χ4n) is 4.13. The van der Waals surface area contributed by atoms with Gasteiger partial charge in [-0.1, -0.05) is 12.5 Å². The monoisotopic (exact) mass is 486 g/mol. The van der Waals surface area contributed by atoms with Crippen molar-refractivity contribution in [3.8, 4) is 0 Å². The zero-order valence-electron chi connectivity index (χ0n) is 18.3. The highest BCUT2D eigenvalue weighted by atomic mass is 32.1. The lowest BCUT2D eigenvalue weighted by atomic mass is 10.0. The lowest BCUT2D eigenvalue weighted by molar-refractivity contribution is -0.192. The summed E-state index contributed by atoms with van der Waals surface area (Å²) >= 11 is 1.67. The molecule has 0 aromatic carbocycles. The minimum Gasteiger partial charge on any atom is -0.475 e. The zero-order valence-corrected chi connectivity index (χ0v) is 19.2. The van der Waals surface area contributed by atoms with E-state index in [1.807, 2.05) is 17.6 Å². The Morgan fingerprint density at radius 3 is 2.52 bits per heavy atom. The highest BCUT2D eigenvalue weighted by Gasteiger charge is 2.38. The Bertz CT molecular complexity index is 895. The average Bonchev–Trinajstić information content (AvgIpc) is 3.41. The van der Waals surface area contributed by atoms with Gasteiger partial charge in [0.1, 0.15) is 0 Å². The minimum absolute atomic E-state index is 0.241.